The van der Waals surface area contributed by atoms with Gasteiger partial charge in [-0.25, -0.2) is 0 Å². The van der Waals surface area contributed by atoms with E-state index in [4.69, 9.17) is 16.3 Å². The fourth-order valence-corrected chi connectivity index (χ4v) is 4.46. The van der Waals surface area contributed by atoms with Gasteiger partial charge in [-0.15, -0.1) is 11.3 Å². The predicted octanol–water partition coefficient (Wildman–Crippen LogP) is 3.94. The summed E-state index contributed by atoms with van der Waals surface area (Å²) < 4.78 is 6.09. The van der Waals surface area contributed by atoms with Crippen LogP contribution in [0.2, 0.25) is 5.02 Å². The molecule has 0 amide bonds. The fourth-order valence-electron chi connectivity index (χ4n) is 2.93. The highest BCUT2D eigenvalue weighted by molar-refractivity contribution is 7.19. The van der Waals surface area contributed by atoms with Crippen LogP contribution in [0.3, 0.4) is 0 Å². The lowest BCUT2D eigenvalue weighted by Gasteiger charge is -2.30. The van der Waals surface area contributed by atoms with Crippen molar-refractivity contribution in [3.8, 4) is 0 Å². The molecule has 0 aliphatic carbocycles. The van der Waals surface area contributed by atoms with Crippen LogP contribution >= 0.6 is 22.9 Å². The maximum atomic E-state index is 11.7. The normalized spacial score (nSPS) is 19.8. The first kappa shape index (κ1) is 14.8. The summed E-state index contributed by atoms with van der Waals surface area (Å²) >= 11 is 8.24. The Bertz CT molecular complexity index is 655. The average Bonchev–Trinajstić information content (AvgIpc) is 2.83. The number of likely N-dealkylation sites (tertiary alicyclic amines) is 1. The highest BCUT2D eigenvalue weighted by Crippen LogP contribution is 2.36. The molecule has 0 spiro atoms. The van der Waals surface area contributed by atoms with E-state index in [2.05, 4.69) is 17.0 Å². The predicted molar refractivity (Wildman–Crippen MR) is 86.9 cm³/mol. The molecule has 0 saturated carbocycles. The molecule has 1 aromatic heterocycles. The molecule has 5 heteroatoms. The van der Waals surface area contributed by atoms with Crippen LogP contribution in [0.15, 0.2) is 24.3 Å². The molecule has 0 bridgehead atoms. The summed E-state index contributed by atoms with van der Waals surface area (Å²) in [5.74, 6) is -0.0981. The maximum Gasteiger partial charge on any atom is 0.309 e. The number of hydrogen-bond acceptors (Lipinski definition) is 4. The number of esters is 1. The second-order valence-corrected chi connectivity index (χ2v) is 6.95. The third-order valence-corrected chi connectivity index (χ3v) is 5.71. The van der Waals surface area contributed by atoms with Crippen LogP contribution in [0.1, 0.15) is 17.7 Å². The number of rotatable bonds is 3. The number of nitrogens with zero attached hydrogens (tertiary/aromatic N) is 1. The summed E-state index contributed by atoms with van der Waals surface area (Å²) in [7, 11) is 1.46. The van der Waals surface area contributed by atoms with E-state index in [9.17, 15) is 4.79 Å². The SMILES string of the molecule is COC(=O)C1CCCN(Cc2sc3ccccc3c2Cl)C1. The van der Waals surface area contributed by atoms with Crippen molar-refractivity contribution in [2.75, 3.05) is 20.2 Å². The van der Waals surface area contributed by atoms with E-state index in [0.717, 1.165) is 42.9 Å². The lowest BCUT2D eigenvalue weighted by atomic mass is 9.98. The zero-order valence-corrected chi connectivity index (χ0v) is 13.5. The number of fused-ring (bicyclic) bond motifs is 1. The molecule has 21 heavy (non-hydrogen) atoms. The summed E-state index contributed by atoms with van der Waals surface area (Å²) in [6.07, 6.45) is 1.95. The zero-order valence-electron chi connectivity index (χ0n) is 12.0. The first-order valence-corrected chi connectivity index (χ1v) is 8.34. The third kappa shape index (κ3) is 3.07. The van der Waals surface area contributed by atoms with Crippen molar-refractivity contribution in [2.45, 2.75) is 19.4 Å². The maximum absolute atomic E-state index is 11.7. The lowest BCUT2D eigenvalue weighted by molar-refractivity contribution is -0.147. The van der Waals surface area contributed by atoms with Gasteiger partial charge in [0.1, 0.15) is 0 Å². The van der Waals surface area contributed by atoms with E-state index in [1.54, 1.807) is 11.3 Å². The first-order valence-electron chi connectivity index (χ1n) is 7.15. The molecule has 2 aromatic rings. The minimum absolute atomic E-state index is 0.00287. The third-order valence-electron chi connectivity index (χ3n) is 4.01. The molecule has 3 rings (SSSR count). The van der Waals surface area contributed by atoms with Crippen LogP contribution in [-0.2, 0) is 16.1 Å². The van der Waals surface area contributed by atoms with Gasteiger partial charge < -0.3 is 4.74 Å². The van der Waals surface area contributed by atoms with Gasteiger partial charge in [0.25, 0.3) is 0 Å². The van der Waals surface area contributed by atoms with E-state index in [-0.39, 0.29) is 11.9 Å². The van der Waals surface area contributed by atoms with Crippen molar-refractivity contribution in [3.05, 3.63) is 34.2 Å². The number of benzene rings is 1. The lowest BCUT2D eigenvalue weighted by Crippen LogP contribution is -2.38. The van der Waals surface area contributed by atoms with Gasteiger partial charge in [0, 0.05) is 28.1 Å². The summed E-state index contributed by atoms with van der Waals surface area (Å²) in [5, 5.41) is 1.98. The molecular weight excluding hydrogens is 306 g/mol. The number of ether oxygens (including phenoxy) is 1. The summed E-state index contributed by atoms with van der Waals surface area (Å²) in [6, 6.07) is 8.21. The smallest absolute Gasteiger partial charge is 0.309 e. The van der Waals surface area contributed by atoms with Crippen LogP contribution in [0, 0.1) is 5.92 Å². The fraction of sp³-hybridized carbons (Fsp3) is 0.438. The van der Waals surface area contributed by atoms with Gasteiger partial charge in [0.05, 0.1) is 18.1 Å². The van der Waals surface area contributed by atoms with Crippen molar-refractivity contribution in [1.82, 2.24) is 4.90 Å². The van der Waals surface area contributed by atoms with E-state index >= 15 is 0 Å². The van der Waals surface area contributed by atoms with E-state index in [1.807, 2.05) is 12.1 Å². The molecule has 0 N–H and O–H groups in total. The average molecular weight is 324 g/mol. The number of piperidine rings is 1. The van der Waals surface area contributed by atoms with Gasteiger partial charge in [0.2, 0.25) is 0 Å². The van der Waals surface area contributed by atoms with Gasteiger partial charge in [-0.1, -0.05) is 29.8 Å². The molecule has 3 nitrogen and oxygen atoms in total. The Morgan fingerprint density at radius 2 is 2.29 bits per heavy atom. The quantitative estimate of drug-likeness (QED) is 0.801. The van der Waals surface area contributed by atoms with E-state index < -0.39 is 0 Å². The van der Waals surface area contributed by atoms with Crippen molar-refractivity contribution in [3.63, 3.8) is 0 Å². The number of hydrogen-bond donors (Lipinski definition) is 0. The van der Waals surface area contributed by atoms with Crippen LogP contribution < -0.4 is 0 Å². The Morgan fingerprint density at radius 1 is 1.48 bits per heavy atom. The number of methoxy groups -OCH3 is 1. The standard InChI is InChI=1S/C16H18ClNO2S/c1-20-16(19)11-5-4-8-18(9-11)10-14-15(17)12-6-2-3-7-13(12)21-14/h2-3,6-7,11H,4-5,8-10H2,1H3. The molecule has 0 radical (unpaired) electrons. The van der Waals surface area contributed by atoms with Crippen LogP contribution in [0.25, 0.3) is 10.1 Å². The van der Waals surface area contributed by atoms with E-state index in [1.165, 1.54) is 16.7 Å². The second-order valence-electron chi connectivity index (χ2n) is 5.43. The minimum atomic E-state index is -0.0952. The summed E-state index contributed by atoms with van der Waals surface area (Å²) in [6.45, 7) is 2.58. The molecule has 1 unspecified atom stereocenters. The van der Waals surface area contributed by atoms with Crippen LogP contribution in [-0.4, -0.2) is 31.1 Å². The monoisotopic (exact) mass is 323 g/mol. The van der Waals surface area contributed by atoms with Crippen molar-refractivity contribution in [2.24, 2.45) is 5.92 Å². The van der Waals surface area contributed by atoms with Crippen molar-refractivity contribution < 1.29 is 9.53 Å². The summed E-state index contributed by atoms with van der Waals surface area (Å²) in [5.41, 5.74) is 0. The Labute approximate surface area is 133 Å². The topological polar surface area (TPSA) is 29.5 Å². The minimum Gasteiger partial charge on any atom is -0.469 e. The van der Waals surface area contributed by atoms with Gasteiger partial charge in [-0.2, -0.15) is 0 Å². The van der Waals surface area contributed by atoms with Crippen LogP contribution in [0.4, 0.5) is 0 Å². The first-order chi connectivity index (χ1) is 10.2. The number of halogens is 1. The number of thiophene rings is 1. The molecule has 1 aromatic carbocycles. The Balaban J connectivity index is 1.75. The molecule has 1 atom stereocenters. The Morgan fingerprint density at radius 3 is 3.05 bits per heavy atom. The molecule has 1 saturated heterocycles. The molecule has 1 aliphatic rings. The Hall–Kier alpha value is -1.10. The highest BCUT2D eigenvalue weighted by atomic mass is 35.5. The van der Waals surface area contributed by atoms with E-state index in [0.29, 0.717) is 0 Å². The number of carbonyl (C=O) groups excluding carboxylic acids is 1. The largest absolute Gasteiger partial charge is 0.469 e. The van der Waals surface area contributed by atoms with Crippen LogP contribution in [0.5, 0.6) is 0 Å². The van der Waals surface area contributed by atoms with Crippen molar-refractivity contribution >= 4 is 39.0 Å². The van der Waals surface area contributed by atoms with Crippen molar-refractivity contribution in [1.29, 1.82) is 0 Å². The summed E-state index contributed by atoms with van der Waals surface area (Å²) in [4.78, 5) is 15.2. The second kappa shape index (κ2) is 6.34. The molecule has 1 aliphatic heterocycles. The zero-order chi connectivity index (χ0) is 14.8. The molecule has 2 heterocycles. The molecule has 1 fully saturated rings. The Kier molecular flexibility index (Phi) is 4.48. The van der Waals surface area contributed by atoms with Gasteiger partial charge in [-0.05, 0) is 25.5 Å². The van der Waals surface area contributed by atoms with Gasteiger partial charge in [0.15, 0.2) is 0 Å². The highest BCUT2D eigenvalue weighted by Gasteiger charge is 2.27. The number of carbonyl (C=O) groups is 1. The molecule has 112 valence electrons. The van der Waals surface area contributed by atoms with Gasteiger partial charge >= 0.3 is 5.97 Å². The molecular formula is C16H18ClNO2S. The van der Waals surface area contributed by atoms with Gasteiger partial charge in [-0.3, -0.25) is 9.69 Å².